The molecule has 1 amide bonds. The van der Waals surface area contributed by atoms with Crippen molar-refractivity contribution in [1.29, 1.82) is 0 Å². The number of rotatable bonds is 6. The van der Waals surface area contributed by atoms with Crippen molar-refractivity contribution in [1.82, 2.24) is 15.2 Å². The molecular weight excluding hydrogens is 216 g/mol. The number of carbonyl (C=O) groups is 1. The normalized spacial score (nSPS) is 10.4. The summed E-state index contributed by atoms with van der Waals surface area (Å²) in [5.41, 5.74) is 0.634. The van der Waals surface area contributed by atoms with Crippen LogP contribution in [0.4, 0.5) is 5.82 Å². The Hall–Kier alpha value is -1.62. The monoisotopic (exact) mass is 236 g/mol. The van der Waals surface area contributed by atoms with Gasteiger partial charge in [-0.1, -0.05) is 0 Å². The van der Waals surface area contributed by atoms with E-state index in [4.69, 9.17) is 0 Å². The first-order valence-corrected chi connectivity index (χ1v) is 5.70. The molecule has 0 aromatic carbocycles. The fourth-order valence-corrected chi connectivity index (χ4v) is 1.41. The standard InChI is InChI=1S/C12H20N4O/c1-13-11-9-10(5-7-14-11)12(17)15-6-4-8-16(2)3/h5,7,9H,4,6,8H2,1-3H3,(H,13,14)(H,15,17). The number of anilines is 1. The number of aromatic nitrogens is 1. The summed E-state index contributed by atoms with van der Waals surface area (Å²) in [5, 5.41) is 5.79. The molecule has 0 saturated carbocycles. The molecule has 2 N–H and O–H groups in total. The molecular formula is C12H20N4O. The maximum absolute atomic E-state index is 11.8. The van der Waals surface area contributed by atoms with E-state index in [9.17, 15) is 4.79 Å². The lowest BCUT2D eigenvalue weighted by Crippen LogP contribution is -2.27. The van der Waals surface area contributed by atoms with E-state index in [0.717, 1.165) is 13.0 Å². The SMILES string of the molecule is CNc1cc(C(=O)NCCCN(C)C)ccn1. The molecule has 0 atom stereocenters. The smallest absolute Gasteiger partial charge is 0.251 e. The van der Waals surface area contributed by atoms with Crippen LogP contribution < -0.4 is 10.6 Å². The zero-order valence-corrected chi connectivity index (χ0v) is 10.7. The van der Waals surface area contributed by atoms with Gasteiger partial charge in [-0.2, -0.15) is 0 Å². The van der Waals surface area contributed by atoms with Crippen molar-refractivity contribution in [3.63, 3.8) is 0 Å². The summed E-state index contributed by atoms with van der Waals surface area (Å²) in [6, 6.07) is 3.45. The predicted octanol–water partition coefficient (Wildman–Crippen LogP) is 0.805. The summed E-state index contributed by atoms with van der Waals surface area (Å²) in [6.45, 7) is 1.66. The fourth-order valence-electron chi connectivity index (χ4n) is 1.41. The van der Waals surface area contributed by atoms with E-state index >= 15 is 0 Å². The van der Waals surface area contributed by atoms with Crippen LogP contribution in [-0.2, 0) is 0 Å². The summed E-state index contributed by atoms with van der Waals surface area (Å²) in [6.07, 6.45) is 2.57. The zero-order valence-electron chi connectivity index (χ0n) is 10.7. The van der Waals surface area contributed by atoms with Crippen LogP contribution in [-0.4, -0.2) is 50.0 Å². The van der Waals surface area contributed by atoms with Crippen molar-refractivity contribution >= 4 is 11.7 Å². The van der Waals surface area contributed by atoms with Crippen LogP contribution in [0.1, 0.15) is 16.8 Å². The molecule has 0 aliphatic rings. The van der Waals surface area contributed by atoms with Crippen LogP contribution in [0.25, 0.3) is 0 Å². The van der Waals surface area contributed by atoms with Gasteiger partial charge in [0.25, 0.3) is 5.91 Å². The largest absolute Gasteiger partial charge is 0.373 e. The number of nitrogens with zero attached hydrogens (tertiary/aromatic N) is 2. The van der Waals surface area contributed by atoms with E-state index in [-0.39, 0.29) is 5.91 Å². The highest BCUT2D eigenvalue weighted by Crippen LogP contribution is 2.05. The molecule has 0 unspecified atom stereocenters. The van der Waals surface area contributed by atoms with Crippen molar-refractivity contribution in [2.24, 2.45) is 0 Å². The minimum Gasteiger partial charge on any atom is -0.373 e. The lowest BCUT2D eigenvalue weighted by atomic mass is 10.2. The molecule has 0 spiro atoms. The molecule has 0 fully saturated rings. The summed E-state index contributed by atoms with van der Waals surface area (Å²) in [4.78, 5) is 17.9. The molecule has 0 bridgehead atoms. The van der Waals surface area contributed by atoms with Gasteiger partial charge in [-0.25, -0.2) is 4.98 Å². The molecule has 0 aliphatic heterocycles. The molecule has 1 rings (SSSR count). The van der Waals surface area contributed by atoms with Crippen LogP contribution in [0.15, 0.2) is 18.3 Å². The van der Waals surface area contributed by atoms with Gasteiger partial charge >= 0.3 is 0 Å². The lowest BCUT2D eigenvalue weighted by molar-refractivity contribution is 0.0952. The van der Waals surface area contributed by atoms with Gasteiger partial charge in [0.05, 0.1) is 0 Å². The molecule has 5 nitrogen and oxygen atoms in total. The van der Waals surface area contributed by atoms with E-state index in [1.807, 2.05) is 14.1 Å². The lowest BCUT2D eigenvalue weighted by Gasteiger charge is -2.10. The Kier molecular flexibility index (Phi) is 5.42. The number of carbonyl (C=O) groups excluding carboxylic acids is 1. The van der Waals surface area contributed by atoms with Crippen LogP contribution in [0.3, 0.4) is 0 Å². The first kappa shape index (κ1) is 13.4. The van der Waals surface area contributed by atoms with Gasteiger partial charge in [0.1, 0.15) is 5.82 Å². The second-order valence-corrected chi connectivity index (χ2v) is 4.09. The quantitative estimate of drug-likeness (QED) is 0.718. The molecule has 17 heavy (non-hydrogen) atoms. The van der Waals surface area contributed by atoms with Crippen LogP contribution in [0.2, 0.25) is 0 Å². The number of hydrogen-bond acceptors (Lipinski definition) is 4. The van der Waals surface area contributed by atoms with E-state index in [2.05, 4.69) is 20.5 Å². The van der Waals surface area contributed by atoms with Gasteiger partial charge in [-0.05, 0) is 39.2 Å². The Labute approximate surface area is 102 Å². The van der Waals surface area contributed by atoms with Crippen molar-refractivity contribution < 1.29 is 4.79 Å². The summed E-state index contributed by atoms with van der Waals surface area (Å²) >= 11 is 0. The summed E-state index contributed by atoms with van der Waals surface area (Å²) in [7, 11) is 5.81. The number of hydrogen-bond donors (Lipinski definition) is 2. The third-order valence-corrected chi connectivity index (χ3v) is 2.35. The van der Waals surface area contributed by atoms with Gasteiger partial charge in [0.15, 0.2) is 0 Å². The van der Waals surface area contributed by atoms with Gasteiger partial charge in [0.2, 0.25) is 0 Å². The Morgan fingerprint density at radius 3 is 2.88 bits per heavy atom. The summed E-state index contributed by atoms with van der Waals surface area (Å²) < 4.78 is 0. The first-order valence-electron chi connectivity index (χ1n) is 5.70. The van der Waals surface area contributed by atoms with Crippen molar-refractivity contribution in [2.75, 3.05) is 39.5 Å². The third kappa shape index (κ3) is 4.82. The molecule has 0 saturated heterocycles. The molecule has 1 aromatic rings. The highest BCUT2D eigenvalue weighted by molar-refractivity contribution is 5.94. The highest BCUT2D eigenvalue weighted by atomic mass is 16.1. The first-order chi connectivity index (χ1) is 8.13. The fraction of sp³-hybridized carbons (Fsp3) is 0.500. The van der Waals surface area contributed by atoms with Crippen LogP contribution >= 0.6 is 0 Å². The predicted molar refractivity (Wildman–Crippen MR) is 69.3 cm³/mol. The van der Waals surface area contributed by atoms with E-state index in [1.54, 1.807) is 25.4 Å². The molecule has 1 heterocycles. The van der Waals surface area contributed by atoms with E-state index < -0.39 is 0 Å². The minimum atomic E-state index is -0.0531. The van der Waals surface area contributed by atoms with Crippen LogP contribution in [0.5, 0.6) is 0 Å². The second-order valence-electron chi connectivity index (χ2n) is 4.09. The van der Waals surface area contributed by atoms with Gasteiger partial charge < -0.3 is 15.5 Å². The minimum absolute atomic E-state index is 0.0531. The molecule has 5 heteroatoms. The van der Waals surface area contributed by atoms with Gasteiger partial charge in [-0.3, -0.25) is 4.79 Å². The molecule has 94 valence electrons. The highest BCUT2D eigenvalue weighted by Gasteiger charge is 2.05. The van der Waals surface area contributed by atoms with Crippen molar-refractivity contribution in [2.45, 2.75) is 6.42 Å². The maximum atomic E-state index is 11.8. The number of amides is 1. The van der Waals surface area contributed by atoms with Gasteiger partial charge in [0, 0.05) is 25.4 Å². The molecule has 1 aromatic heterocycles. The molecule has 0 aliphatic carbocycles. The Bertz CT molecular complexity index is 365. The van der Waals surface area contributed by atoms with Crippen LogP contribution in [0, 0.1) is 0 Å². The Morgan fingerprint density at radius 1 is 1.47 bits per heavy atom. The maximum Gasteiger partial charge on any atom is 0.251 e. The Balaban J connectivity index is 2.41. The average Bonchev–Trinajstić information content (AvgIpc) is 2.34. The zero-order chi connectivity index (χ0) is 12.7. The topological polar surface area (TPSA) is 57.3 Å². The van der Waals surface area contributed by atoms with Gasteiger partial charge in [-0.15, -0.1) is 0 Å². The Morgan fingerprint density at radius 2 is 2.24 bits per heavy atom. The van der Waals surface area contributed by atoms with E-state index in [1.165, 1.54) is 0 Å². The number of nitrogens with one attached hydrogen (secondary N) is 2. The number of pyridine rings is 1. The van der Waals surface area contributed by atoms with E-state index in [0.29, 0.717) is 17.9 Å². The summed E-state index contributed by atoms with van der Waals surface area (Å²) in [5.74, 6) is 0.647. The molecule has 0 radical (unpaired) electrons. The second kappa shape index (κ2) is 6.85. The third-order valence-electron chi connectivity index (χ3n) is 2.35. The van der Waals surface area contributed by atoms with Crippen molar-refractivity contribution in [3.8, 4) is 0 Å². The average molecular weight is 236 g/mol. The van der Waals surface area contributed by atoms with Crippen molar-refractivity contribution in [3.05, 3.63) is 23.9 Å².